The number of carbonyl (C=O) groups excluding carboxylic acids is 2. The second-order valence-corrected chi connectivity index (χ2v) is 15.6. The highest BCUT2D eigenvalue weighted by Gasteiger charge is 2.42. The van der Waals surface area contributed by atoms with Gasteiger partial charge in [-0.05, 0) is 89.2 Å². The number of hydroxylamine groups is 1. The zero-order chi connectivity index (χ0) is 37.4. The first-order chi connectivity index (χ1) is 23.9. The maximum Gasteiger partial charge on any atom is 0.274 e. The van der Waals surface area contributed by atoms with Crippen LogP contribution in [0, 0.1) is 29.1 Å². The minimum Gasteiger partial charge on any atom is -0.325 e. The Kier molecular flexibility index (Phi) is 10.9. The third kappa shape index (κ3) is 8.25. The standard InChI is InChI=1S/C36H33ClF5N3O5S/c1-36(2,3)24-15-20(14-23(17-24)21-6-7-21)16-27(35(47)43-26-12-8-22(9-13-26)34(46)44-48)45(18-19-4-10-25(37)11-5-19)51(49,50)33-31(41)29(39)28(38)30(40)32(33)42/h4-5,8-15,17,21,27,48H,6-7,16,18H2,1-3H3,(H,43,47)(H,44,46). The molecule has 1 fully saturated rings. The minimum atomic E-state index is -5.70. The molecule has 15 heteroatoms. The van der Waals surface area contributed by atoms with Crippen molar-refractivity contribution in [3.8, 4) is 0 Å². The van der Waals surface area contributed by atoms with E-state index in [9.17, 15) is 31.2 Å². The van der Waals surface area contributed by atoms with E-state index >= 15 is 8.78 Å². The van der Waals surface area contributed by atoms with Gasteiger partial charge in [-0.3, -0.25) is 14.8 Å². The molecular formula is C36H33ClF5N3O5S. The quantitative estimate of drug-likeness (QED) is 0.0477. The van der Waals surface area contributed by atoms with E-state index in [4.69, 9.17) is 16.8 Å². The fourth-order valence-corrected chi connectivity index (χ4v) is 7.34. The van der Waals surface area contributed by atoms with Crippen molar-refractivity contribution < 1.29 is 45.2 Å². The summed E-state index contributed by atoms with van der Waals surface area (Å²) in [6.07, 6.45) is 1.44. The van der Waals surface area contributed by atoms with Crippen LogP contribution in [0.1, 0.15) is 72.1 Å². The van der Waals surface area contributed by atoms with Gasteiger partial charge in [0.2, 0.25) is 21.7 Å². The predicted octanol–water partition coefficient (Wildman–Crippen LogP) is 7.77. The average Bonchev–Trinajstić information content (AvgIpc) is 3.94. The maximum absolute atomic E-state index is 15.3. The average molecular weight is 750 g/mol. The summed E-state index contributed by atoms with van der Waals surface area (Å²) in [5.41, 5.74) is 3.61. The molecular weight excluding hydrogens is 717 g/mol. The largest absolute Gasteiger partial charge is 0.325 e. The Morgan fingerprint density at radius 3 is 1.96 bits per heavy atom. The van der Waals surface area contributed by atoms with E-state index in [0.29, 0.717) is 9.87 Å². The second-order valence-electron chi connectivity index (χ2n) is 13.3. The highest BCUT2D eigenvalue weighted by atomic mass is 35.5. The van der Waals surface area contributed by atoms with E-state index in [-0.39, 0.29) is 39.6 Å². The molecule has 2 amide bonds. The van der Waals surface area contributed by atoms with Crippen LogP contribution in [-0.4, -0.2) is 35.8 Å². The Balaban J connectivity index is 1.70. The number of benzene rings is 4. The number of anilines is 1. The number of nitrogens with zero attached hydrogens (tertiary/aromatic N) is 1. The lowest BCUT2D eigenvalue weighted by Crippen LogP contribution is -2.48. The van der Waals surface area contributed by atoms with Crippen LogP contribution in [0.3, 0.4) is 0 Å². The molecule has 0 bridgehead atoms. The summed E-state index contributed by atoms with van der Waals surface area (Å²) in [5.74, 6) is -14.3. The molecule has 0 aromatic heterocycles. The zero-order valence-electron chi connectivity index (χ0n) is 27.5. The molecule has 8 nitrogen and oxygen atoms in total. The van der Waals surface area contributed by atoms with Crippen LogP contribution in [0.15, 0.2) is 71.6 Å². The molecule has 51 heavy (non-hydrogen) atoms. The molecule has 0 heterocycles. The monoisotopic (exact) mass is 749 g/mol. The Morgan fingerprint density at radius 1 is 0.863 bits per heavy atom. The summed E-state index contributed by atoms with van der Waals surface area (Å²) in [7, 11) is -5.70. The molecule has 1 unspecified atom stereocenters. The zero-order valence-corrected chi connectivity index (χ0v) is 29.1. The van der Waals surface area contributed by atoms with Gasteiger partial charge in [-0.15, -0.1) is 0 Å². The van der Waals surface area contributed by atoms with Gasteiger partial charge in [-0.25, -0.2) is 35.8 Å². The molecule has 4 aromatic rings. The van der Waals surface area contributed by atoms with Gasteiger partial charge in [-0.1, -0.05) is 62.7 Å². The molecule has 5 rings (SSSR count). The van der Waals surface area contributed by atoms with Gasteiger partial charge in [-0.2, -0.15) is 4.31 Å². The van der Waals surface area contributed by atoms with E-state index in [1.54, 1.807) is 12.1 Å². The third-order valence-electron chi connectivity index (χ3n) is 8.51. The van der Waals surface area contributed by atoms with Crippen molar-refractivity contribution in [2.24, 2.45) is 0 Å². The summed E-state index contributed by atoms with van der Waals surface area (Å²) >= 11 is 6.02. The fourth-order valence-electron chi connectivity index (χ4n) is 5.53. The number of nitrogens with one attached hydrogen (secondary N) is 2. The summed E-state index contributed by atoms with van der Waals surface area (Å²) < 4.78 is 103. The van der Waals surface area contributed by atoms with E-state index in [2.05, 4.69) is 5.32 Å². The van der Waals surface area contributed by atoms with Crippen molar-refractivity contribution in [1.29, 1.82) is 0 Å². The lowest BCUT2D eigenvalue weighted by atomic mass is 9.83. The lowest BCUT2D eigenvalue weighted by molar-refractivity contribution is -0.119. The molecule has 4 aromatic carbocycles. The topological polar surface area (TPSA) is 116 Å². The van der Waals surface area contributed by atoms with Crippen LogP contribution in [0.5, 0.6) is 0 Å². The molecule has 1 saturated carbocycles. The van der Waals surface area contributed by atoms with Gasteiger partial charge in [0.05, 0.1) is 0 Å². The molecule has 1 atom stereocenters. The molecule has 0 spiro atoms. The van der Waals surface area contributed by atoms with Crippen molar-refractivity contribution >= 4 is 39.1 Å². The van der Waals surface area contributed by atoms with Crippen molar-refractivity contribution in [3.05, 3.63) is 129 Å². The van der Waals surface area contributed by atoms with Crippen LogP contribution < -0.4 is 10.8 Å². The van der Waals surface area contributed by atoms with E-state index in [0.717, 1.165) is 24.0 Å². The highest BCUT2D eigenvalue weighted by Crippen LogP contribution is 2.42. The van der Waals surface area contributed by atoms with Crippen LogP contribution >= 0.6 is 11.6 Å². The predicted molar refractivity (Wildman–Crippen MR) is 179 cm³/mol. The number of hydrogen-bond donors (Lipinski definition) is 3. The smallest absolute Gasteiger partial charge is 0.274 e. The summed E-state index contributed by atoms with van der Waals surface area (Å²) in [4.78, 5) is 24.0. The Hall–Kier alpha value is -4.37. The second kappa shape index (κ2) is 14.7. The van der Waals surface area contributed by atoms with Crippen molar-refractivity contribution in [2.45, 2.75) is 68.8 Å². The number of sulfonamides is 1. The van der Waals surface area contributed by atoms with Crippen LogP contribution in [0.2, 0.25) is 5.02 Å². The van der Waals surface area contributed by atoms with Gasteiger partial charge in [0.1, 0.15) is 6.04 Å². The van der Waals surface area contributed by atoms with E-state index < -0.39 is 68.4 Å². The van der Waals surface area contributed by atoms with Crippen molar-refractivity contribution in [1.82, 2.24) is 9.79 Å². The molecule has 1 aliphatic carbocycles. The first-order valence-corrected chi connectivity index (χ1v) is 17.5. The molecule has 0 radical (unpaired) electrons. The van der Waals surface area contributed by atoms with E-state index in [1.165, 1.54) is 54.0 Å². The van der Waals surface area contributed by atoms with Crippen LogP contribution in [-0.2, 0) is 33.2 Å². The first kappa shape index (κ1) is 37.9. The fraction of sp³-hybridized carbons (Fsp3) is 0.278. The first-order valence-electron chi connectivity index (χ1n) is 15.7. The number of carbonyl (C=O) groups is 2. The SMILES string of the molecule is CC(C)(C)c1cc(CC(C(=O)Nc2ccc(C(=O)NO)cc2)N(Cc2ccc(Cl)cc2)S(=O)(=O)c2c(F)c(F)c(F)c(F)c2F)cc(C2CC2)c1. The summed E-state index contributed by atoms with van der Waals surface area (Å²) in [6, 6.07) is 14.4. The van der Waals surface area contributed by atoms with E-state index in [1.807, 2.05) is 26.8 Å². The Labute approximate surface area is 296 Å². The molecule has 1 aliphatic rings. The van der Waals surface area contributed by atoms with Crippen molar-refractivity contribution in [3.63, 3.8) is 0 Å². The highest BCUT2D eigenvalue weighted by molar-refractivity contribution is 7.89. The lowest BCUT2D eigenvalue weighted by Gasteiger charge is -2.31. The van der Waals surface area contributed by atoms with Gasteiger partial charge in [0.15, 0.2) is 28.2 Å². The molecule has 0 saturated heterocycles. The van der Waals surface area contributed by atoms with Crippen molar-refractivity contribution in [2.75, 3.05) is 5.32 Å². The normalized spacial score (nSPS) is 14.0. The maximum atomic E-state index is 15.3. The van der Waals surface area contributed by atoms with Crippen LogP contribution in [0.25, 0.3) is 0 Å². The molecule has 270 valence electrons. The third-order valence-corrected chi connectivity index (χ3v) is 10.6. The number of hydrogen-bond acceptors (Lipinski definition) is 5. The molecule has 0 aliphatic heterocycles. The minimum absolute atomic E-state index is 0.0110. The van der Waals surface area contributed by atoms with Gasteiger partial charge in [0.25, 0.3) is 5.91 Å². The summed E-state index contributed by atoms with van der Waals surface area (Å²) in [6.45, 7) is 5.15. The van der Waals surface area contributed by atoms with Gasteiger partial charge in [0, 0.05) is 22.8 Å². The Morgan fingerprint density at radius 2 is 1.43 bits per heavy atom. The van der Waals surface area contributed by atoms with Crippen LogP contribution in [0.4, 0.5) is 27.6 Å². The van der Waals surface area contributed by atoms with Gasteiger partial charge < -0.3 is 5.32 Å². The molecule has 3 N–H and O–H groups in total. The number of amides is 2. The number of rotatable bonds is 11. The van der Waals surface area contributed by atoms with Gasteiger partial charge >= 0.3 is 0 Å². The number of halogens is 6. The Bertz CT molecular complexity index is 2060. The summed E-state index contributed by atoms with van der Waals surface area (Å²) in [5, 5.41) is 11.7.